The second-order valence-corrected chi connectivity index (χ2v) is 12.0. The average Bonchev–Trinajstić information content (AvgIpc) is 3.71. The van der Waals surface area contributed by atoms with E-state index in [0.29, 0.717) is 0 Å². The Hall–Kier alpha value is -5.12. The van der Waals surface area contributed by atoms with E-state index in [1.807, 2.05) is 11.3 Å². The number of nitrogens with zero attached hydrogens (tertiary/aromatic N) is 2. The Bertz CT molecular complexity index is 2690. The predicted octanol–water partition coefficient (Wildman–Crippen LogP) is 10.9. The smallest absolute Gasteiger partial charge is 0.0635 e. The van der Waals surface area contributed by atoms with Crippen LogP contribution in [0.2, 0.25) is 0 Å². The fourth-order valence-electron chi connectivity index (χ4n) is 7.20. The SMILES string of the molecule is c1ccc(-n2c3ccccc3c3c2ccc2c4ccc5c6ccccc6sc5c4c4c5ccccc5cn4c23)cc1. The Kier molecular flexibility index (Phi) is 4.10. The third kappa shape index (κ3) is 2.71. The Morgan fingerprint density at radius 3 is 2.02 bits per heavy atom. The van der Waals surface area contributed by atoms with Crippen LogP contribution in [0.5, 0.6) is 0 Å². The number of hydrogen-bond donors (Lipinski definition) is 0. The van der Waals surface area contributed by atoms with Crippen molar-refractivity contribution in [3.63, 3.8) is 0 Å². The van der Waals surface area contributed by atoms with Crippen LogP contribution in [-0.2, 0) is 0 Å². The van der Waals surface area contributed by atoms with Gasteiger partial charge in [-0.05, 0) is 35.7 Å². The summed E-state index contributed by atoms with van der Waals surface area (Å²) in [7, 11) is 0. The summed E-state index contributed by atoms with van der Waals surface area (Å²) in [5, 5.41) is 11.8. The van der Waals surface area contributed by atoms with Gasteiger partial charge in [0.05, 0.1) is 22.1 Å². The van der Waals surface area contributed by atoms with Crippen LogP contribution in [0, 0.1) is 0 Å². The van der Waals surface area contributed by atoms with E-state index in [-0.39, 0.29) is 0 Å². The highest BCUT2D eigenvalue weighted by Crippen LogP contribution is 2.46. The van der Waals surface area contributed by atoms with Crippen molar-refractivity contribution in [3.05, 3.63) is 134 Å². The van der Waals surface area contributed by atoms with Gasteiger partial charge in [-0.3, -0.25) is 0 Å². The number of hydrogen-bond acceptors (Lipinski definition) is 1. The summed E-state index contributed by atoms with van der Waals surface area (Å²) >= 11 is 1.92. The van der Waals surface area contributed by atoms with Gasteiger partial charge >= 0.3 is 0 Å². The molecule has 190 valence electrons. The molecule has 0 saturated carbocycles. The largest absolute Gasteiger partial charge is 0.314 e. The zero-order valence-corrected chi connectivity index (χ0v) is 22.8. The van der Waals surface area contributed by atoms with Crippen molar-refractivity contribution in [3.8, 4) is 5.69 Å². The molecule has 0 aliphatic heterocycles. The minimum Gasteiger partial charge on any atom is -0.314 e. The van der Waals surface area contributed by atoms with Crippen molar-refractivity contribution in [2.24, 2.45) is 0 Å². The quantitative estimate of drug-likeness (QED) is 0.184. The normalized spacial score (nSPS) is 12.4. The lowest BCUT2D eigenvalue weighted by Gasteiger charge is -2.13. The molecule has 2 nitrogen and oxygen atoms in total. The molecule has 0 amide bonds. The maximum Gasteiger partial charge on any atom is 0.0635 e. The van der Waals surface area contributed by atoms with Crippen LogP contribution in [-0.4, -0.2) is 8.97 Å². The highest BCUT2D eigenvalue weighted by molar-refractivity contribution is 7.26. The Morgan fingerprint density at radius 1 is 0.439 bits per heavy atom. The predicted molar refractivity (Wildman–Crippen MR) is 177 cm³/mol. The van der Waals surface area contributed by atoms with Gasteiger partial charge in [0.1, 0.15) is 0 Å². The summed E-state index contributed by atoms with van der Waals surface area (Å²) < 4.78 is 7.62. The average molecular weight is 539 g/mol. The molecule has 0 aliphatic rings. The number of aromatic nitrogens is 2. The van der Waals surface area contributed by atoms with Gasteiger partial charge in [-0.15, -0.1) is 11.3 Å². The summed E-state index contributed by atoms with van der Waals surface area (Å²) in [6.45, 7) is 0. The van der Waals surface area contributed by atoms with Crippen molar-refractivity contribution in [2.45, 2.75) is 0 Å². The summed E-state index contributed by atoms with van der Waals surface area (Å²) in [6, 6.07) is 46.6. The molecule has 4 aromatic heterocycles. The minimum atomic E-state index is 1.18. The molecule has 0 N–H and O–H groups in total. The van der Waals surface area contributed by atoms with Crippen molar-refractivity contribution in [1.82, 2.24) is 8.97 Å². The number of benzene rings is 6. The molecule has 0 unspecified atom stereocenters. The van der Waals surface area contributed by atoms with Crippen molar-refractivity contribution in [2.75, 3.05) is 0 Å². The van der Waals surface area contributed by atoms with E-state index in [9.17, 15) is 0 Å². The van der Waals surface area contributed by atoms with Crippen LogP contribution >= 0.6 is 11.3 Å². The first kappa shape index (κ1) is 21.7. The van der Waals surface area contributed by atoms with Crippen molar-refractivity contribution >= 4 is 91.3 Å². The Labute approximate surface area is 238 Å². The molecular formula is C38H22N2S. The van der Waals surface area contributed by atoms with Crippen LogP contribution in [0.15, 0.2) is 134 Å². The van der Waals surface area contributed by atoms with E-state index >= 15 is 0 Å². The van der Waals surface area contributed by atoms with Crippen LogP contribution in [0.3, 0.4) is 0 Å². The molecule has 0 spiro atoms. The molecule has 6 aromatic carbocycles. The molecule has 4 heterocycles. The van der Waals surface area contributed by atoms with Gasteiger partial charge in [0.25, 0.3) is 0 Å². The first-order valence-electron chi connectivity index (χ1n) is 14.0. The first-order chi connectivity index (χ1) is 20.4. The second kappa shape index (κ2) is 7.75. The zero-order chi connectivity index (χ0) is 26.7. The zero-order valence-electron chi connectivity index (χ0n) is 22.0. The van der Waals surface area contributed by atoms with Crippen molar-refractivity contribution in [1.29, 1.82) is 0 Å². The summed E-state index contributed by atoms with van der Waals surface area (Å²) in [4.78, 5) is 0. The third-order valence-electron chi connectivity index (χ3n) is 8.87. The van der Waals surface area contributed by atoms with E-state index in [1.54, 1.807) is 0 Å². The third-order valence-corrected chi connectivity index (χ3v) is 10.1. The minimum absolute atomic E-state index is 1.18. The Balaban J connectivity index is 1.53. The molecule has 10 rings (SSSR count). The maximum absolute atomic E-state index is 2.50. The summed E-state index contributed by atoms with van der Waals surface area (Å²) in [5.74, 6) is 0. The lowest BCUT2D eigenvalue weighted by Crippen LogP contribution is -1.94. The topological polar surface area (TPSA) is 9.34 Å². The van der Waals surface area contributed by atoms with Gasteiger partial charge in [-0.1, -0.05) is 97.1 Å². The van der Waals surface area contributed by atoms with Gasteiger partial charge in [-0.2, -0.15) is 0 Å². The van der Waals surface area contributed by atoms with Crippen LogP contribution in [0.4, 0.5) is 0 Å². The molecule has 0 saturated heterocycles. The van der Waals surface area contributed by atoms with Gasteiger partial charge < -0.3 is 8.97 Å². The number of rotatable bonds is 1. The number of thiophene rings is 1. The second-order valence-electron chi connectivity index (χ2n) is 10.9. The molecule has 0 bridgehead atoms. The van der Waals surface area contributed by atoms with Crippen LogP contribution in [0.1, 0.15) is 0 Å². The highest BCUT2D eigenvalue weighted by Gasteiger charge is 2.21. The number of pyridine rings is 1. The number of fused-ring (bicyclic) bond motifs is 16. The van der Waals surface area contributed by atoms with Crippen LogP contribution < -0.4 is 0 Å². The van der Waals surface area contributed by atoms with Crippen LogP contribution in [0.25, 0.3) is 85.6 Å². The lowest BCUT2D eigenvalue weighted by molar-refractivity contribution is 1.18. The monoisotopic (exact) mass is 538 g/mol. The molecule has 3 heteroatoms. The lowest BCUT2D eigenvalue weighted by atomic mass is 9.99. The van der Waals surface area contributed by atoms with E-state index in [2.05, 4.69) is 143 Å². The number of para-hydroxylation sites is 2. The molecule has 0 aliphatic carbocycles. The summed E-state index contributed by atoms with van der Waals surface area (Å²) in [6.07, 6.45) is 2.35. The Morgan fingerprint density at radius 2 is 1.12 bits per heavy atom. The van der Waals surface area contributed by atoms with E-state index in [4.69, 9.17) is 0 Å². The van der Waals surface area contributed by atoms with Crippen molar-refractivity contribution < 1.29 is 0 Å². The van der Waals surface area contributed by atoms with E-state index in [0.717, 1.165) is 0 Å². The summed E-state index contributed by atoms with van der Waals surface area (Å²) in [5.41, 5.74) is 6.20. The first-order valence-corrected chi connectivity index (χ1v) is 14.9. The highest BCUT2D eigenvalue weighted by atomic mass is 32.1. The van der Waals surface area contributed by atoms with Gasteiger partial charge in [0.2, 0.25) is 0 Å². The molecule has 0 fully saturated rings. The van der Waals surface area contributed by atoms with Gasteiger partial charge in [-0.25, -0.2) is 0 Å². The molecule has 0 atom stereocenters. The van der Waals surface area contributed by atoms with E-state index < -0.39 is 0 Å². The fraction of sp³-hybridized carbons (Fsp3) is 0. The fourth-order valence-corrected chi connectivity index (χ4v) is 8.45. The van der Waals surface area contributed by atoms with Gasteiger partial charge in [0, 0.05) is 64.4 Å². The van der Waals surface area contributed by atoms with Gasteiger partial charge in [0.15, 0.2) is 0 Å². The molecule has 0 radical (unpaired) electrons. The molecule has 41 heavy (non-hydrogen) atoms. The maximum atomic E-state index is 2.50. The molecule has 10 aromatic rings. The molecular weight excluding hydrogens is 516 g/mol. The van der Waals surface area contributed by atoms with E-state index in [1.165, 1.54) is 85.6 Å². The standard InChI is InChI=1S/C38H22N2S/c1-2-11-24(12-3-1)40-31-16-8-6-15-30(31)34-32(40)21-20-28-27-18-19-29-26-14-7-9-17-33(26)41-38(29)35(27)36-25-13-5-4-10-23(25)22-39(36)37(28)34/h1-22H.